The van der Waals surface area contributed by atoms with Crippen LogP contribution in [0.5, 0.6) is 5.75 Å². The number of piperidine rings is 1. The molecule has 0 radical (unpaired) electrons. The Balaban J connectivity index is 1.52. The first-order chi connectivity index (χ1) is 13.1. The molecular weight excluding hydrogens is 344 g/mol. The van der Waals surface area contributed by atoms with E-state index in [0.717, 1.165) is 73.7 Å². The van der Waals surface area contributed by atoms with Gasteiger partial charge in [-0.15, -0.1) is 0 Å². The maximum atomic E-state index is 12.4. The van der Waals surface area contributed by atoms with Crippen molar-refractivity contribution in [2.75, 3.05) is 19.7 Å². The number of carbonyl (C=O) groups excluding carboxylic acids is 1. The number of rotatable bonds is 4. The third kappa shape index (κ3) is 3.72. The van der Waals surface area contributed by atoms with Gasteiger partial charge in [0.25, 0.3) is 5.91 Å². The lowest BCUT2D eigenvalue weighted by Crippen LogP contribution is -2.47. The molecule has 27 heavy (non-hydrogen) atoms. The Morgan fingerprint density at radius 3 is 2.85 bits per heavy atom. The van der Waals surface area contributed by atoms with Gasteiger partial charge < -0.3 is 19.8 Å². The van der Waals surface area contributed by atoms with Gasteiger partial charge in [0.1, 0.15) is 11.3 Å². The molecule has 1 aliphatic heterocycles. The van der Waals surface area contributed by atoms with Crippen LogP contribution in [-0.2, 0) is 17.6 Å². The smallest absolute Gasteiger partial charge is 0.339 e. The summed E-state index contributed by atoms with van der Waals surface area (Å²) in [5, 5.41) is 7.26. The fraction of sp³-hybridized carbons (Fsp3) is 0.524. The van der Waals surface area contributed by atoms with E-state index in [2.05, 4.69) is 10.6 Å². The maximum Gasteiger partial charge on any atom is 0.339 e. The van der Waals surface area contributed by atoms with E-state index in [-0.39, 0.29) is 24.2 Å². The van der Waals surface area contributed by atoms with Crippen molar-refractivity contribution < 1.29 is 13.9 Å². The van der Waals surface area contributed by atoms with Crippen LogP contribution in [0, 0.1) is 6.92 Å². The van der Waals surface area contributed by atoms with Crippen molar-refractivity contribution in [3.63, 3.8) is 0 Å². The number of fused-ring (bicyclic) bond motifs is 3. The normalized spacial score (nSPS) is 19.5. The Labute approximate surface area is 158 Å². The Kier molecular flexibility index (Phi) is 5.16. The fourth-order valence-corrected chi connectivity index (χ4v) is 4.17. The highest BCUT2D eigenvalue weighted by molar-refractivity contribution is 5.86. The number of nitrogens with one attached hydrogen (secondary N) is 2. The highest BCUT2D eigenvalue weighted by Gasteiger charge is 2.20. The minimum Gasteiger partial charge on any atom is -0.483 e. The standard InChI is InChI=1S/C21H26N2O4/c1-13-18(26-12-19(24)23-14-5-4-10-22-11-14)9-8-16-15-6-2-3-7-17(15)21(25)27-20(13)16/h8-9,14,22H,2-7,10-12H2,1H3,(H,23,24)/t14-/m1/s1. The predicted molar refractivity (Wildman–Crippen MR) is 103 cm³/mol. The highest BCUT2D eigenvalue weighted by Crippen LogP contribution is 2.32. The van der Waals surface area contributed by atoms with Crippen LogP contribution < -0.4 is 21.0 Å². The third-order valence-corrected chi connectivity index (χ3v) is 5.61. The van der Waals surface area contributed by atoms with Crippen molar-refractivity contribution in [3.8, 4) is 5.75 Å². The molecule has 4 rings (SSSR count). The van der Waals surface area contributed by atoms with Crippen molar-refractivity contribution in [1.29, 1.82) is 0 Å². The maximum absolute atomic E-state index is 12.4. The summed E-state index contributed by atoms with van der Waals surface area (Å²) in [6, 6.07) is 3.99. The molecule has 2 aliphatic rings. The van der Waals surface area contributed by atoms with Crippen LogP contribution in [0.3, 0.4) is 0 Å². The Morgan fingerprint density at radius 1 is 1.26 bits per heavy atom. The van der Waals surface area contributed by atoms with Gasteiger partial charge in [-0.2, -0.15) is 0 Å². The molecule has 144 valence electrons. The van der Waals surface area contributed by atoms with Crippen LogP contribution in [-0.4, -0.2) is 31.6 Å². The number of benzene rings is 1. The van der Waals surface area contributed by atoms with E-state index in [1.54, 1.807) is 0 Å². The average molecular weight is 370 g/mol. The molecule has 1 saturated heterocycles. The number of amides is 1. The number of carbonyl (C=O) groups is 1. The first-order valence-electron chi connectivity index (χ1n) is 9.84. The minimum atomic E-state index is -0.236. The lowest BCUT2D eigenvalue weighted by atomic mass is 9.90. The van der Waals surface area contributed by atoms with Crippen molar-refractivity contribution in [2.45, 2.75) is 51.5 Å². The number of ether oxygens (including phenoxy) is 1. The molecule has 0 unspecified atom stereocenters. The van der Waals surface area contributed by atoms with Gasteiger partial charge in [0.05, 0.1) is 0 Å². The van der Waals surface area contributed by atoms with Gasteiger partial charge in [-0.1, -0.05) is 0 Å². The molecule has 1 aromatic carbocycles. The van der Waals surface area contributed by atoms with E-state index >= 15 is 0 Å². The monoisotopic (exact) mass is 370 g/mol. The molecule has 0 saturated carbocycles. The second-order valence-corrected chi connectivity index (χ2v) is 7.52. The Morgan fingerprint density at radius 2 is 2.07 bits per heavy atom. The summed E-state index contributed by atoms with van der Waals surface area (Å²) in [6.45, 7) is 3.64. The van der Waals surface area contributed by atoms with Gasteiger partial charge >= 0.3 is 5.63 Å². The lowest BCUT2D eigenvalue weighted by Gasteiger charge is -2.23. The minimum absolute atomic E-state index is 0.0436. The average Bonchev–Trinajstić information content (AvgIpc) is 2.69. The molecule has 1 amide bonds. The van der Waals surface area contributed by atoms with Gasteiger partial charge in [-0.05, 0) is 69.7 Å². The van der Waals surface area contributed by atoms with Crippen LogP contribution in [0.25, 0.3) is 11.0 Å². The first kappa shape index (κ1) is 18.0. The molecule has 6 heteroatoms. The number of hydrogen-bond acceptors (Lipinski definition) is 5. The largest absolute Gasteiger partial charge is 0.483 e. The van der Waals surface area contributed by atoms with E-state index in [4.69, 9.17) is 9.15 Å². The molecule has 6 nitrogen and oxygen atoms in total. The molecule has 0 bridgehead atoms. The summed E-state index contributed by atoms with van der Waals surface area (Å²) in [6.07, 6.45) is 5.90. The van der Waals surface area contributed by atoms with E-state index < -0.39 is 0 Å². The summed E-state index contributed by atoms with van der Waals surface area (Å²) in [5.74, 6) is 0.452. The summed E-state index contributed by atoms with van der Waals surface area (Å²) < 4.78 is 11.4. The quantitative estimate of drug-likeness (QED) is 0.807. The molecular formula is C21H26N2O4. The molecule has 0 spiro atoms. The lowest BCUT2D eigenvalue weighted by molar-refractivity contribution is -0.123. The zero-order chi connectivity index (χ0) is 18.8. The second-order valence-electron chi connectivity index (χ2n) is 7.52. The number of aryl methyl sites for hydroxylation is 2. The van der Waals surface area contributed by atoms with E-state index in [9.17, 15) is 9.59 Å². The molecule has 2 heterocycles. The third-order valence-electron chi connectivity index (χ3n) is 5.61. The van der Waals surface area contributed by atoms with Crippen LogP contribution in [0.15, 0.2) is 21.3 Å². The van der Waals surface area contributed by atoms with Gasteiger partial charge in [0, 0.05) is 29.1 Å². The SMILES string of the molecule is Cc1c(OCC(=O)N[C@@H]2CCCNC2)ccc2c3c(c(=O)oc12)CCCC3. The molecule has 1 fully saturated rings. The van der Waals surface area contributed by atoms with Gasteiger partial charge in [0.15, 0.2) is 6.61 Å². The Hall–Kier alpha value is -2.34. The van der Waals surface area contributed by atoms with Crippen LogP contribution >= 0.6 is 0 Å². The van der Waals surface area contributed by atoms with Gasteiger partial charge in [-0.3, -0.25) is 4.79 Å². The zero-order valence-electron chi connectivity index (χ0n) is 15.7. The van der Waals surface area contributed by atoms with Gasteiger partial charge in [0.2, 0.25) is 0 Å². The summed E-state index contributed by atoms with van der Waals surface area (Å²) in [5.41, 5.74) is 3.05. The van der Waals surface area contributed by atoms with E-state index in [0.29, 0.717) is 11.3 Å². The van der Waals surface area contributed by atoms with Gasteiger partial charge in [-0.25, -0.2) is 4.79 Å². The fourth-order valence-electron chi connectivity index (χ4n) is 4.17. The predicted octanol–water partition coefficient (Wildman–Crippen LogP) is 2.23. The Bertz CT molecular complexity index is 913. The van der Waals surface area contributed by atoms with Crippen LogP contribution in [0.1, 0.15) is 42.4 Å². The van der Waals surface area contributed by atoms with Crippen molar-refractivity contribution in [3.05, 3.63) is 39.2 Å². The van der Waals surface area contributed by atoms with Crippen molar-refractivity contribution in [1.82, 2.24) is 10.6 Å². The van der Waals surface area contributed by atoms with Crippen LogP contribution in [0.2, 0.25) is 0 Å². The molecule has 1 aromatic heterocycles. The van der Waals surface area contributed by atoms with E-state index in [1.807, 2.05) is 19.1 Å². The first-order valence-corrected chi connectivity index (χ1v) is 9.84. The second kappa shape index (κ2) is 7.72. The summed E-state index contributed by atoms with van der Waals surface area (Å²) in [7, 11) is 0. The van der Waals surface area contributed by atoms with Crippen LogP contribution in [0.4, 0.5) is 0 Å². The van der Waals surface area contributed by atoms with Crippen molar-refractivity contribution >= 4 is 16.9 Å². The molecule has 1 atom stereocenters. The number of hydrogen-bond donors (Lipinski definition) is 2. The molecule has 1 aliphatic carbocycles. The molecule has 2 N–H and O–H groups in total. The summed E-state index contributed by atoms with van der Waals surface area (Å²) in [4.78, 5) is 24.5. The zero-order valence-corrected chi connectivity index (χ0v) is 15.7. The van der Waals surface area contributed by atoms with Crippen molar-refractivity contribution in [2.24, 2.45) is 0 Å². The molecule has 2 aromatic rings. The summed E-state index contributed by atoms with van der Waals surface area (Å²) >= 11 is 0. The highest BCUT2D eigenvalue weighted by atomic mass is 16.5. The topological polar surface area (TPSA) is 80.6 Å². The van der Waals surface area contributed by atoms with E-state index in [1.165, 1.54) is 0 Å².